The summed E-state index contributed by atoms with van der Waals surface area (Å²) in [5.41, 5.74) is 6.12. The Labute approximate surface area is 99.1 Å². The minimum Gasteiger partial charge on any atom is -0.326 e. The van der Waals surface area contributed by atoms with Crippen LogP contribution in [0.25, 0.3) is 0 Å². The Kier molecular flexibility index (Phi) is 4.76. The lowest BCUT2D eigenvalue weighted by molar-refractivity contribution is 0.603. The molecule has 0 aliphatic carbocycles. The van der Waals surface area contributed by atoms with Crippen molar-refractivity contribution < 1.29 is 12.8 Å². The molecule has 1 aromatic carbocycles. The molecule has 0 saturated heterocycles. The zero-order valence-corrected chi connectivity index (χ0v) is 10.6. The van der Waals surface area contributed by atoms with Gasteiger partial charge in [0.15, 0.2) is 0 Å². The lowest BCUT2D eigenvalue weighted by Gasteiger charge is -2.04. The summed E-state index contributed by atoms with van der Waals surface area (Å²) < 4.78 is 34.9. The van der Waals surface area contributed by atoms with Crippen LogP contribution in [-0.4, -0.2) is 26.2 Å². The summed E-state index contributed by atoms with van der Waals surface area (Å²) in [4.78, 5) is 0.712. The van der Waals surface area contributed by atoms with Crippen molar-refractivity contribution in [2.24, 2.45) is 5.73 Å². The Hall–Kier alpha value is -0.590. The van der Waals surface area contributed by atoms with E-state index in [0.717, 1.165) is 0 Å². The summed E-state index contributed by atoms with van der Waals surface area (Å²) in [6, 6.07) is 4.53. The summed E-state index contributed by atoms with van der Waals surface area (Å²) in [5.74, 6) is 0.170. The van der Waals surface area contributed by atoms with Gasteiger partial charge in [-0.15, -0.1) is 11.8 Å². The van der Waals surface area contributed by atoms with Crippen molar-refractivity contribution in [2.45, 2.75) is 11.4 Å². The van der Waals surface area contributed by atoms with Crippen LogP contribution >= 0.6 is 11.8 Å². The quantitative estimate of drug-likeness (QED) is 0.816. The van der Waals surface area contributed by atoms with Gasteiger partial charge in [0.25, 0.3) is 0 Å². The van der Waals surface area contributed by atoms with E-state index >= 15 is 0 Å². The van der Waals surface area contributed by atoms with Gasteiger partial charge in [-0.1, -0.05) is 0 Å². The molecule has 3 nitrogen and oxygen atoms in total. The van der Waals surface area contributed by atoms with E-state index < -0.39 is 9.84 Å². The van der Waals surface area contributed by atoms with Crippen molar-refractivity contribution in [3.05, 3.63) is 29.6 Å². The molecule has 0 aliphatic rings. The normalized spacial score (nSPS) is 11.7. The largest absolute Gasteiger partial charge is 0.326 e. The first-order chi connectivity index (χ1) is 7.40. The van der Waals surface area contributed by atoms with Crippen LogP contribution in [0.2, 0.25) is 0 Å². The van der Waals surface area contributed by atoms with Crippen LogP contribution in [0.5, 0.6) is 0 Å². The average molecular weight is 263 g/mol. The van der Waals surface area contributed by atoms with Crippen LogP contribution in [0, 0.1) is 5.82 Å². The molecule has 0 heterocycles. The summed E-state index contributed by atoms with van der Waals surface area (Å²) in [6.45, 7) is 0.275. The minimum absolute atomic E-state index is 0.0894. The maximum absolute atomic E-state index is 13.1. The Morgan fingerprint density at radius 2 is 2.06 bits per heavy atom. The summed E-state index contributed by atoms with van der Waals surface area (Å²) in [5, 5.41) is 0. The van der Waals surface area contributed by atoms with Gasteiger partial charge in [-0.2, -0.15) is 0 Å². The highest BCUT2D eigenvalue weighted by Gasteiger charge is 2.04. The van der Waals surface area contributed by atoms with Gasteiger partial charge in [-0.3, -0.25) is 0 Å². The van der Waals surface area contributed by atoms with Crippen LogP contribution in [-0.2, 0) is 16.4 Å². The lowest BCUT2D eigenvalue weighted by Crippen LogP contribution is -2.05. The Balaban J connectivity index is 2.63. The van der Waals surface area contributed by atoms with Crippen LogP contribution in [0.15, 0.2) is 23.1 Å². The maximum atomic E-state index is 13.1. The number of sulfone groups is 1. The van der Waals surface area contributed by atoms with Crippen molar-refractivity contribution in [1.29, 1.82) is 0 Å². The average Bonchev–Trinajstić information content (AvgIpc) is 2.14. The van der Waals surface area contributed by atoms with Crippen LogP contribution in [0.4, 0.5) is 4.39 Å². The van der Waals surface area contributed by atoms with E-state index in [1.54, 1.807) is 6.07 Å². The summed E-state index contributed by atoms with van der Waals surface area (Å²) >= 11 is 1.32. The van der Waals surface area contributed by atoms with E-state index in [0.29, 0.717) is 16.2 Å². The fourth-order valence-electron chi connectivity index (χ4n) is 1.13. The van der Waals surface area contributed by atoms with Crippen molar-refractivity contribution in [1.82, 2.24) is 0 Å². The fraction of sp³-hybridized carbons (Fsp3) is 0.400. The highest BCUT2D eigenvalue weighted by molar-refractivity contribution is 8.00. The topological polar surface area (TPSA) is 60.2 Å². The third kappa shape index (κ3) is 4.96. The van der Waals surface area contributed by atoms with Gasteiger partial charge in [-0.25, -0.2) is 12.8 Å². The minimum atomic E-state index is -2.96. The van der Waals surface area contributed by atoms with E-state index in [4.69, 9.17) is 5.73 Å². The molecular weight excluding hydrogens is 249 g/mol. The number of thioether (sulfide) groups is 1. The third-order valence-corrected chi connectivity index (χ3v) is 4.07. The van der Waals surface area contributed by atoms with Gasteiger partial charge in [0.05, 0.1) is 5.75 Å². The van der Waals surface area contributed by atoms with Gasteiger partial charge in [0.1, 0.15) is 15.7 Å². The molecule has 90 valence electrons. The van der Waals surface area contributed by atoms with Crippen molar-refractivity contribution >= 4 is 21.6 Å². The molecule has 0 unspecified atom stereocenters. The van der Waals surface area contributed by atoms with E-state index in [2.05, 4.69) is 0 Å². The maximum Gasteiger partial charge on any atom is 0.148 e. The lowest BCUT2D eigenvalue weighted by atomic mass is 10.2. The van der Waals surface area contributed by atoms with Crippen LogP contribution < -0.4 is 5.73 Å². The molecule has 1 aromatic rings. The van der Waals surface area contributed by atoms with Gasteiger partial charge >= 0.3 is 0 Å². The second-order valence-corrected chi connectivity index (χ2v) is 6.91. The zero-order chi connectivity index (χ0) is 12.2. The summed E-state index contributed by atoms with van der Waals surface area (Å²) in [6.07, 6.45) is 1.18. The highest BCUT2D eigenvalue weighted by atomic mass is 32.2. The standard InChI is InChI=1S/C10H14FNO2S2/c1-16(13,14)3-2-15-10-5-8(7-12)4-9(11)6-10/h4-6H,2-3,7,12H2,1H3. The van der Waals surface area contributed by atoms with E-state index in [9.17, 15) is 12.8 Å². The number of rotatable bonds is 5. The molecule has 0 bridgehead atoms. The second-order valence-electron chi connectivity index (χ2n) is 3.48. The molecule has 0 aromatic heterocycles. The monoisotopic (exact) mass is 263 g/mol. The van der Waals surface area contributed by atoms with E-state index in [1.807, 2.05) is 0 Å². The Morgan fingerprint density at radius 1 is 1.38 bits per heavy atom. The predicted octanol–water partition coefficient (Wildman–Crippen LogP) is 1.42. The molecule has 16 heavy (non-hydrogen) atoms. The van der Waals surface area contributed by atoms with Crippen LogP contribution in [0.3, 0.4) is 0 Å². The fourth-order valence-corrected chi connectivity index (χ4v) is 3.34. The number of hydrogen-bond donors (Lipinski definition) is 1. The van der Waals surface area contributed by atoms with Gasteiger partial charge in [-0.05, 0) is 23.8 Å². The zero-order valence-electron chi connectivity index (χ0n) is 8.94. The molecule has 0 aliphatic heterocycles. The number of halogens is 1. The second kappa shape index (κ2) is 5.65. The molecule has 6 heteroatoms. The third-order valence-electron chi connectivity index (χ3n) is 1.89. The van der Waals surface area contributed by atoms with E-state index in [1.165, 1.54) is 30.2 Å². The first-order valence-corrected chi connectivity index (χ1v) is 7.75. The first-order valence-electron chi connectivity index (χ1n) is 4.71. The molecule has 2 N–H and O–H groups in total. The Bertz CT molecular complexity index is 460. The van der Waals surface area contributed by atoms with E-state index in [-0.39, 0.29) is 18.1 Å². The van der Waals surface area contributed by atoms with Gasteiger partial charge in [0, 0.05) is 23.4 Å². The molecule has 0 amide bonds. The highest BCUT2D eigenvalue weighted by Crippen LogP contribution is 2.21. The van der Waals surface area contributed by atoms with Gasteiger partial charge in [0.2, 0.25) is 0 Å². The van der Waals surface area contributed by atoms with Crippen LogP contribution in [0.1, 0.15) is 5.56 Å². The SMILES string of the molecule is CS(=O)(=O)CCSc1cc(F)cc(CN)c1. The molecule has 1 rings (SSSR count). The number of benzene rings is 1. The smallest absolute Gasteiger partial charge is 0.148 e. The Morgan fingerprint density at radius 3 is 2.62 bits per heavy atom. The first kappa shape index (κ1) is 13.5. The molecule has 0 atom stereocenters. The van der Waals surface area contributed by atoms with Crippen molar-refractivity contribution in [3.8, 4) is 0 Å². The molecular formula is C10H14FNO2S2. The molecule has 0 spiro atoms. The number of hydrogen-bond acceptors (Lipinski definition) is 4. The molecule has 0 fully saturated rings. The predicted molar refractivity (Wildman–Crippen MR) is 64.7 cm³/mol. The van der Waals surface area contributed by atoms with Gasteiger partial charge < -0.3 is 5.73 Å². The molecule has 0 radical (unpaired) electrons. The van der Waals surface area contributed by atoms with Crippen molar-refractivity contribution in [3.63, 3.8) is 0 Å². The number of nitrogens with two attached hydrogens (primary N) is 1. The summed E-state index contributed by atoms with van der Waals surface area (Å²) in [7, 11) is -2.96. The van der Waals surface area contributed by atoms with Crippen molar-refractivity contribution in [2.75, 3.05) is 17.8 Å². The molecule has 0 saturated carbocycles.